The first-order chi connectivity index (χ1) is 18.8. The van der Waals surface area contributed by atoms with Gasteiger partial charge in [0.1, 0.15) is 5.54 Å². The van der Waals surface area contributed by atoms with Gasteiger partial charge in [-0.3, -0.25) is 9.00 Å². The minimum absolute atomic E-state index is 0.1000. The Bertz CT molecular complexity index is 1210. The SMILES string of the molecule is N#CC1(NC(=O)C2CCCCC2)CC1.O=S1CCN(c2ccc(-c3cnc(N4CCC(F)(F)C4)s3)cc2)CC1. The van der Waals surface area contributed by atoms with Gasteiger partial charge in [-0.25, -0.2) is 13.8 Å². The fourth-order valence-corrected chi connectivity index (χ4v) is 7.27. The molecule has 0 spiro atoms. The summed E-state index contributed by atoms with van der Waals surface area (Å²) in [6.45, 7) is 1.75. The van der Waals surface area contributed by atoms with Crippen LogP contribution in [-0.2, 0) is 15.6 Å². The van der Waals surface area contributed by atoms with Crippen molar-refractivity contribution in [3.05, 3.63) is 30.5 Å². The van der Waals surface area contributed by atoms with E-state index >= 15 is 0 Å². The summed E-state index contributed by atoms with van der Waals surface area (Å²) in [6, 6.07) is 10.4. The summed E-state index contributed by atoms with van der Waals surface area (Å²) < 4.78 is 38.2. The highest BCUT2D eigenvalue weighted by Crippen LogP contribution is 2.37. The number of carbonyl (C=O) groups excluding carboxylic acids is 1. The average molecular weight is 576 g/mol. The second-order valence-electron chi connectivity index (χ2n) is 10.9. The molecule has 2 aromatic rings. The predicted octanol–water partition coefficient (Wildman–Crippen LogP) is 4.96. The maximum atomic E-state index is 13.4. The molecule has 2 aliphatic heterocycles. The normalized spacial score (nSPS) is 22.5. The van der Waals surface area contributed by atoms with Crippen molar-refractivity contribution >= 4 is 38.9 Å². The first kappa shape index (κ1) is 28.0. The van der Waals surface area contributed by atoms with E-state index in [0.717, 1.165) is 79.2 Å². The van der Waals surface area contributed by atoms with Gasteiger partial charge in [-0.1, -0.05) is 42.7 Å². The molecular weight excluding hydrogens is 540 g/mol. The second kappa shape index (κ2) is 11.9. The molecule has 39 heavy (non-hydrogen) atoms. The van der Waals surface area contributed by atoms with E-state index in [4.69, 9.17) is 5.26 Å². The number of halogens is 2. The minimum Gasteiger partial charge on any atom is -0.370 e. The quantitative estimate of drug-likeness (QED) is 0.542. The number of carbonyl (C=O) groups is 1. The van der Waals surface area contributed by atoms with Crippen LogP contribution in [0.15, 0.2) is 30.5 Å². The zero-order chi connectivity index (χ0) is 27.5. The number of amides is 1. The Morgan fingerprint density at radius 3 is 2.33 bits per heavy atom. The van der Waals surface area contributed by atoms with E-state index in [1.165, 1.54) is 17.8 Å². The van der Waals surface area contributed by atoms with Crippen molar-refractivity contribution in [2.45, 2.75) is 62.8 Å². The maximum absolute atomic E-state index is 13.4. The lowest BCUT2D eigenvalue weighted by molar-refractivity contribution is -0.126. The Labute approximate surface area is 235 Å². The van der Waals surface area contributed by atoms with E-state index < -0.39 is 22.3 Å². The number of nitrogens with zero attached hydrogens (tertiary/aromatic N) is 4. The standard InChI is InChI=1S/C17H19F2N3OS2.C11H16N2O/c18-17(19)5-6-22(12-17)16-20-11-15(24-16)13-1-3-14(4-2-13)21-7-9-25(23)10-8-21;12-8-11(6-7-11)13-10(14)9-4-2-1-3-5-9/h1-4,11H,5-10,12H2;9H,1-7H2,(H,13,14). The van der Waals surface area contributed by atoms with Crippen LogP contribution in [0.5, 0.6) is 0 Å². The summed E-state index contributed by atoms with van der Waals surface area (Å²) in [5, 5.41) is 12.4. The number of rotatable bonds is 5. The van der Waals surface area contributed by atoms with Gasteiger partial charge in [0.05, 0.1) is 17.5 Å². The Balaban J connectivity index is 0.000000186. The van der Waals surface area contributed by atoms with Crippen molar-refractivity contribution in [2.24, 2.45) is 5.92 Å². The molecule has 2 saturated heterocycles. The number of alkyl halides is 2. The Morgan fingerprint density at radius 2 is 1.74 bits per heavy atom. The first-order valence-corrected chi connectivity index (χ1v) is 16.1. The largest absolute Gasteiger partial charge is 0.370 e. The third kappa shape index (κ3) is 7.14. The molecule has 0 unspecified atom stereocenters. The van der Waals surface area contributed by atoms with E-state index in [1.54, 1.807) is 11.1 Å². The number of hydrogen-bond donors (Lipinski definition) is 1. The van der Waals surface area contributed by atoms with Gasteiger partial charge >= 0.3 is 0 Å². The Kier molecular flexibility index (Phi) is 8.52. The number of nitrogens with one attached hydrogen (secondary N) is 1. The van der Waals surface area contributed by atoms with Crippen LogP contribution < -0.4 is 15.1 Å². The number of hydrogen-bond acceptors (Lipinski definition) is 7. The number of thiazole rings is 1. The molecule has 11 heteroatoms. The van der Waals surface area contributed by atoms with Gasteiger partial charge < -0.3 is 15.1 Å². The molecule has 0 radical (unpaired) electrons. The summed E-state index contributed by atoms with van der Waals surface area (Å²) in [5.74, 6) is -0.870. The molecule has 2 aliphatic carbocycles. The summed E-state index contributed by atoms with van der Waals surface area (Å²) in [5.41, 5.74) is 1.69. The van der Waals surface area contributed by atoms with Crippen LogP contribution >= 0.6 is 11.3 Å². The van der Waals surface area contributed by atoms with Crippen molar-refractivity contribution in [3.8, 4) is 16.5 Å². The highest BCUT2D eigenvalue weighted by Gasteiger charge is 2.45. The van der Waals surface area contributed by atoms with Crippen molar-refractivity contribution in [1.82, 2.24) is 10.3 Å². The van der Waals surface area contributed by atoms with Gasteiger partial charge in [0.2, 0.25) is 5.91 Å². The second-order valence-corrected chi connectivity index (χ2v) is 13.6. The molecule has 2 saturated carbocycles. The fourth-order valence-electron chi connectivity index (χ4n) is 5.27. The van der Waals surface area contributed by atoms with Crippen LogP contribution in [0.4, 0.5) is 19.6 Å². The van der Waals surface area contributed by atoms with Gasteiger partial charge in [-0.2, -0.15) is 5.26 Å². The monoisotopic (exact) mass is 575 g/mol. The summed E-state index contributed by atoms with van der Waals surface area (Å²) in [4.78, 5) is 21.0. The van der Waals surface area contributed by atoms with Crippen molar-refractivity contribution in [1.29, 1.82) is 5.26 Å². The topological polar surface area (TPSA) is 89.3 Å². The number of nitriles is 1. The van der Waals surface area contributed by atoms with Crippen LogP contribution in [0, 0.1) is 17.2 Å². The van der Waals surface area contributed by atoms with Crippen LogP contribution in [0.1, 0.15) is 51.4 Å². The molecule has 4 fully saturated rings. The highest BCUT2D eigenvalue weighted by atomic mass is 32.2. The summed E-state index contributed by atoms with van der Waals surface area (Å²) in [6.07, 6.45) is 8.93. The van der Waals surface area contributed by atoms with Gasteiger partial charge in [-0.15, -0.1) is 0 Å². The van der Waals surface area contributed by atoms with Gasteiger partial charge in [0.25, 0.3) is 5.92 Å². The lowest BCUT2D eigenvalue weighted by Gasteiger charge is -2.28. The van der Waals surface area contributed by atoms with Gasteiger partial charge in [-0.05, 0) is 43.4 Å². The third-order valence-corrected chi connectivity index (χ3v) is 10.3. The molecule has 4 aliphatic rings. The summed E-state index contributed by atoms with van der Waals surface area (Å²) in [7, 11) is -0.679. The van der Waals surface area contributed by atoms with E-state index in [2.05, 4.69) is 33.4 Å². The molecule has 0 atom stereocenters. The molecule has 3 heterocycles. The molecule has 1 aromatic carbocycles. The number of benzene rings is 1. The molecule has 1 N–H and O–H groups in total. The Hall–Kier alpha value is -2.58. The molecule has 1 aromatic heterocycles. The zero-order valence-corrected chi connectivity index (χ0v) is 23.7. The Morgan fingerprint density at radius 1 is 1.05 bits per heavy atom. The molecule has 210 valence electrons. The zero-order valence-electron chi connectivity index (χ0n) is 22.0. The third-order valence-electron chi connectivity index (χ3n) is 7.93. The predicted molar refractivity (Wildman–Crippen MR) is 152 cm³/mol. The van der Waals surface area contributed by atoms with Crippen LogP contribution in [-0.4, -0.2) is 64.2 Å². The van der Waals surface area contributed by atoms with Crippen LogP contribution in [0.3, 0.4) is 0 Å². The molecular formula is C28H35F2N5O2S2. The van der Waals surface area contributed by atoms with E-state index in [-0.39, 0.29) is 24.8 Å². The van der Waals surface area contributed by atoms with Crippen molar-refractivity contribution < 1.29 is 17.8 Å². The van der Waals surface area contributed by atoms with Gasteiger partial charge in [0.15, 0.2) is 5.13 Å². The van der Waals surface area contributed by atoms with Gasteiger partial charge in [0, 0.05) is 66.2 Å². The van der Waals surface area contributed by atoms with E-state index in [1.807, 2.05) is 12.1 Å². The fraction of sp³-hybridized carbons (Fsp3) is 0.607. The van der Waals surface area contributed by atoms with E-state index in [0.29, 0.717) is 11.7 Å². The highest BCUT2D eigenvalue weighted by molar-refractivity contribution is 7.85. The average Bonchev–Trinajstić information content (AvgIpc) is 3.37. The molecule has 7 nitrogen and oxygen atoms in total. The lowest BCUT2D eigenvalue weighted by Crippen LogP contribution is -2.40. The lowest BCUT2D eigenvalue weighted by atomic mass is 9.88. The first-order valence-electron chi connectivity index (χ1n) is 13.8. The molecule has 6 rings (SSSR count). The number of anilines is 2. The van der Waals surface area contributed by atoms with Crippen molar-refractivity contribution in [2.75, 3.05) is 47.5 Å². The smallest absolute Gasteiger partial charge is 0.267 e. The minimum atomic E-state index is -2.61. The van der Waals surface area contributed by atoms with Crippen molar-refractivity contribution in [3.63, 3.8) is 0 Å². The number of aromatic nitrogens is 1. The van der Waals surface area contributed by atoms with Crippen LogP contribution in [0.2, 0.25) is 0 Å². The maximum Gasteiger partial charge on any atom is 0.267 e. The summed E-state index contributed by atoms with van der Waals surface area (Å²) >= 11 is 1.45. The molecule has 1 amide bonds. The van der Waals surface area contributed by atoms with E-state index in [9.17, 15) is 17.8 Å². The van der Waals surface area contributed by atoms with Crippen LogP contribution in [0.25, 0.3) is 10.4 Å². The molecule has 0 bridgehead atoms.